The van der Waals surface area contributed by atoms with Crippen LogP contribution in [-0.2, 0) is 27.0 Å². The first-order chi connectivity index (χ1) is 13.5. The number of halogens is 6. The van der Waals surface area contributed by atoms with E-state index in [1.54, 1.807) is 0 Å². The van der Waals surface area contributed by atoms with Gasteiger partial charge >= 0.3 is 18.3 Å². The van der Waals surface area contributed by atoms with Gasteiger partial charge in [-0.2, -0.15) is 26.3 Å². The van der Waals surface area contributed by atoms with Crippen molar-refractivity contribution in [1.82, 2.24) is 0 Å². The Morgan fingerprint density at radius 3 is 2.07 bits per heavy atom. The van der Waals surface area contributed by atoms with Crippen molar-refractivity contribution in [1.29, 1.82) is 0 Å². The summed E-state index contributed by atoms with van der Waals surface area (Å²) in [6.45, 7) is 1.08. The second kappa shape index (κ2) is 7.82. The molecule has 1 N–H and O–H groups in total. The lowest BCUT2D eigenvalue weighted by atomic mass is 9.99. The van der Waals surface area contributed by atoms with Crippen LogP contribution in [0.3, 0.4) is 0 Å². The molecule has 12 heteroatoms. The molecule has 0 aliphatic heterocycles. The monoisotopic (exact) mass is 456 g/mol. The largest absolute Gasteiger partial charge is 0.479 e. The van der Waals surface area contributed by atoms with E-state index in [0.29, 0.717) is 30.5 Å². The minimum absolute atomic E-state index is 0.379. The number of ether oxygens (including phenoxy) is 1. The molecule has 5 nitrogen and oxygen atoms in total. The lowest BCUT2D eigenvalue weighted by molar-refractivity contribution is -0.144. The van der Waals surface area contributed by atoms with Crippen LogP contribution in [0.5, 0.6) is 5.75 Å². The van der Waals surface area contributed by atoms with Crippen molar-refractivity contribution >= 4 is 15.8 Å². The summed E-state index contributed by atoms with van der Waals surface area (Å²) in [4.78, 5) is 9.95. The molecule has 0 amide bonds. The Hall–Kier alpha value is -2.76. The first-order valence-electron chi connectivity index (χ1n) is 8.04. The van der Waals surface area contributed by atoms with E-state index in [1.165, 1.54) is 0 Å². The minimum Gasteiger partial charge on any atom is -0.479 e. The summed E-state index contributed by atoms with van der Waals surface area (Å²) in [5.41, 5.74) is -3.71. The molecule has 0 heterocycles. The zero-order valence-electron chi connectivity index (χ0n) is 15.3. The van der Waals surface area contributed by atoms with E-state index in [-0.39, 0.29) is 0 Å². The van der Waals surface area contributed by atoms with Gasteiger partial charge in [0.25, 0.3) is 0 Å². The van der Waals surface area contributed by atoms with E-state index in [2.05, 4.69) is 0 Å². The second-order valence-corrected chi connectivity index (χ2v) is 8.27. The van der Waals surface area contributed by atoms with Crippen LogP contribution in [0.4, 0.5) is 26.3 Å². The Labute approximate surface area is 166 Å². The molecule has 1 atom stereocenters. The Morgan fingerprint density at radius 1 is 1.00 bits per heavy atom. The van der Waals surface area contributed by atoms with Gasteiger partial charge in [-0.25, -0.2) is 13.2 Å². The second-order valence-electron chi connectivity index (χ2n) is 6.29. The van der Waals surface area contributed by atoms with Gasteiger partial charge in [0.15, 0.2) is 15.9 Å². The quantitative estimate of drug-likeness (QED) is 0.663. The van der Waals surface area contributed by atoms with Gasteiger partial charge in [0, 0.05) is 11.8 Å². The van der Waals surface area contributed by atoms with Crippen LogP contribution in [-0.4, -0.2) is 31.9 Å². The van der Waals surface area contributed by atoms with E-state index < -0.39 is 67.2 Å². The topological polar surface area (TPSA) is 80.7 Å². The summed E-state index contributed by atoms with van der Waals surface area (Å²) in [5, 5.41) is 8.94. The van der Waals surface area contributed by atoms with Gasteiger partial charge < -0.3 is 9.84 Å². The van der Waals surface area contributed by atoms with Gasteiger partial charge in [-0.1, -0.05) is 6.07 Å². The zero-order valence-corrected chi connectivity index (χ0v) is 16.1. The lowest BCUT2D eigenvalue weighted by Gasteiger charge is -2.18. The average Bonchev–Trinajstić information content (AvgIpc) is 2.59. The number of aliphatic carboxylic acids is 1. The van der Waals surface area contributed by atoms with Crippen molar-refractivity contribution in [2.45, 2.75) is 30.3 Å². The predicted molar refractivity (Wildman–Crippen MR) is 92.7 cm³/mol. The minimum atomic E-state index is -5.12. The highest BCUT2D eigenvalue weighted by Crippen LogP contribution is 2.41. The van der Waals surface area contributed by atoms with Crippen molar-refractivity contribution in [3.8, 4) is 16.9 Å². The fourth-order valence-corrected chi connectivity index (χ4v) is 3.41. The highest BCUT2D eigenvalue weighted by atomic mass is 32.2. The molecular weight excluding hydrogens is 442 g/mol. The highest BCUT2D eigenvalue weighted by Gasteiger charge is 2.37. The Balaban J connectivity index is 2.78. The summed E-state index contributed by atoms with van der Waals surface area (Å²) in [6, 6.07) is 3.76. The van der Waals surface area contributed by atoms with Crippen LogP contribution in [0.15, 0.2) is 41.3 Å². The number of carboxylic acids is 1. The van der Waals surface area contributed by atoms with Gasteiger partial charge in [0.1, 0.15) is 5.75 Å². The van der Waals surface area contributed by atoms with Gasteiger partial charge in [-0.05, 0) is 42.8 Å². The van der Waals surface area contributed by atoms with Crippen LogP contribution >= 0.6 is 0 Å². The smallest absolute Gasteiger partial charge is 0.417 e. The van der Waals surface area contributed by atoms with Gasteiger partial charge in [-0.3, -0.25) is 0 Å². The van der Waals surface area contributed by atoms with E-state index in [0.717, 1.165) is 19.1 Å². The zero-order chi connectivity index (χ0) is 23.1. The molecule has 0 saturated carbocycles. The Bertz CT molecular complexity index is 1070. The molecule has 2 aromatic rings. The van der Waals surface area contributed by atoms with E-state index in [9.17, 15) is 39.6 Å². The van der Waals surface area contributed by atoms with E-state index >= 15 is 0 Å². The molecule has 0 bridgehead atoms. The van der Waals surface area contributed by atoms with Gasteiger partial charge in [0.05, 0.1) is 16.0 Å². The molecule has 2 rings (SSSR count). The molecule has 0 spiro atoms. The van der Waals surface area contributed by atoms with E-state index in [1.807, 2.05) is 0 Å². The summed E-state index contributed by atoms with van der Waals surface area (Å²) >= 11 is 0. The number of carboxylic acid groups (broad SMARTS) is 1. The SMILES string of the molecule is C[C@H](Oc1ccc(C(F)(F)F)cc1-c1ccc(S(C)(=O)=O)c(C(F)(F)F)c1)C(=O)O. The summed E-state index contributed by atoms with van der Waals surface area (Å²) in [5.74, 6) is -1.87. The third-order valence-corrected chi connectivity index (χ3v) is 5.11. The molecule has 0 aromatic heterocycles. The first-order valence-corrected chi connectivity index (χ1v) is 9.93. The van der Waals surface area contributed by atoms with Crippen molar-refractivity contribution in [2.24, 2.45) is 0 Å². The van der Waals surface area contributed by atoms with Crippen molar-refractivity contribution in [2.75, 3.05) is 6.26 Å². The van der Waals surface area contributed by atoms with E-state index in [4.69, 9.17) is 9.84 Å². The number of hydrogen-bond acceptors (Lipinski definition) is 4. The predicted octanol–water partition coefficient (Wildman–Crippen LogP) is 4.65. The third kappa shape index (κ3) is 5.23. The molecule has 0 fully saturated rings. The lowest BCUT2D eigenvalue weighted by Crippen LogP contribution is -2.23. The van der Waals surface area contributed by atoms with Crippen LogP contribution < -0.4 is 4.74 Å². The molecule has 0 aliphatic carbocycles. The summed E-state index contributed by atoms with van der Waals surface area (Å²) in [7, 11) is -4.30. The van der Waals surface area contributed by atoms with Crippen LogP contribution in [0.2, 0.25) is 0 Å². The molecule has 0 unspecified atom stereocenters. The molecule has 0 radical (unpaired) electrons. The van der Waals surface area contributed by atoms with Crippen LogP contribution in [0.1, 0.15) is 18.1 Å². The van der Waals surface area contributed by atoms with Crippen LogP contribution in [0, 0.1) is 0 Å². The Morgan fingerprint density at radius 2 is 1.60 bits per heavy atom. The van der Waals surface area contributed by atoms with Crippen molar-refractivity contribution in [3.63, 3.8) is 0 Å². The fraction of sp³-hybridized carbons (Fsp3) is 0.278. The summed E-state index contributed by atoms with van der Waals surface area (Å²) < 4.78 is 108. The number of hydrogen-bond donors (Lipinski definition) is 1. The number of sulfone groups is 1. The third-order valence-electron chi connectivity index (χ3n) is 3.95. The maximum absolute atomic E-state index is 13.4. The molecular formula is C18H14F6O5S. The normalized spacial score (nSPS) is 13.7. The number of carbonyl (C=O) groups is 1. The highest BCUT2D eigenvalue weighted by molar-refractivity contribution is 7.90. The molecule has 2 aromatic carbocycles. The molecule has 164 valence electrons. The summed E-state index contributed by atoms with van der Waals surface area (Å²) in [6.07, 6.45) is -10.9. The van der Waals surface area contributed by atoms with Gasteiger partial charge in [-0.15, -0.1) is 0 Å². The molecule has 0 aliphatic rings. The maximum Gasteiger partial charge on any atom is 0.417 e. The molecule has 0 saturated heterocycles. The van der Waals surface area contributed by atoms with Crippen LogP contribution in [0.25, 0.3) is 11.1 Å². The average molecular weight is 456 g/mol. The standard InChI is InChI=1S/C18H14F6O5S/c1-9(16(25)26)29-14-5-4-11(17(19,20)21)8-12(14)10-3-6-15(30(2,27)28)13(7-10)18(22,23)24/h3-9H,1-2H3,(H,25,26)/t9-/m0/s1. The number of benzene rings is 2. The maximum atomic E-state index is 13.4. The number of alkyl halides is 6. The van der Waals surface area contributed by atoms with Crippen molar-refractivity contribution < 1.29 is 49.4 Å². The first kappa shape index (κ1) is 23.5. The van der Waals surface area contributed by atoms with Gasteiger partial charge in [0.2, 0.25) is 0 Å². The Kier molecular flexibility index (Phi) is 6.13. The fourth-order valence-electron chi connectivity index (χ4n) is 2.52. The van der Waals surface area contributed by atoms with Crippen molar-refractivity contribution in [3.05, 3.63) is 47.5 Å². The molecule has 30 heavy (non-hydrogen) atoms. The number of rotatable bonds is 5.